The highest BCUT2D eigenvalue weighted by molar-refractivity contribution is 5.98. The summed E-state index contributed by atoms with van der Waals surface area (Å²) in [5, 5.41) is 104. The minimum absolute atomic E-state index is 1.57. The number of ether oxygens (including phenoxy) is 4. The lowest BCUT2D eigenvalue weighted by molar-refractivity contribution is -0.182. The first-order valence-electron chi connectivity index (χ1n) is 14.7. The largest absolute Gasteiger partial charge is 0.481 e. The molecule has 0 rings (SSSR count). The molecule has 0 aliphatic carbocycles. The molecule has 316 valence electrons. The van der Waals surface area contributed by atoms with Crippen LogP contribution in [0.1, 0.15) is 57.8 Å². The number of carbonyl (C=O) groups excluding carboxylic acids is 8. The van der Waals surface area contributed by atoms with Crippen molar-refractivity contribution in [3.63, 3.8) is 0 Å². The van der Waals surface area contributed by atoms with Crippen LogP contribution in [0.25, 0.3) is 0 Å². The first-order chi connectivity index (χ1) is 25.8. The summed E-state index contributed by atoms with van der Waals surface area (Å²) in [6.07, 6.45) is -18.3. The van der Waals surface area contributed by atoms with Crippen LogP contribution in [-0.2, 0) is 86.1 Å². The van der Waals surface area contributed by atoms with E-state index in [0.29, 0.717) is 0 Å². The molecule has 0 aliphatic rings. The fraction of sp³-hybridized carbons (Fsp3) is 0.500. The van der Waals surface area contributed by atoms with Gasteiger partial charge >= 0.3 is 83.6 Å². The average molecular weight is 831 g/mol. The standard InChI is InChI=1S/C28H30O29/c29-10(20(41)57-19(40)9-28(53,24(48)49)8-18(39)56-16(37)5-26(51,22(44)45)3-12(32)33)1-13(34)54-14(35)6-27(52,23(46)47)7-17(38)55-15(36)4-25(50,21(42)43)2-11(30)31/h10,29,50-53H,1-9H2,(H,30,31)(H,32,33)(H,42,43)(H,44,45)(H,46,47)(H,48,49). The van der Waals surface area contributed by atoms with Crippen molar-refractivity contribution in [2.24, 2.45) is 0 Å². The van der Waals surface area contributed by atoms with Crippen LogP contribution in [0.2, 0.25) is 0 Å². The number of hydrogen-bond donors (Lipinski definition) is 11. The Morgan fingerprint density at radius 1 is 0.351 bits per heavy atom. The minimum Gasteiger partial charge on any atom is -0.481 e. The molecule has 0 heterocycles. The Balaban J connectivity index is 5.36. The first-order valence-corrected chi connectivity index (χ1v) is 14.7. The Bertz CT molecular complexity index is 1730. The van der Waals surface area contributed by atoms with Gasteiger partial charge in [-0.3, -0.25) is 43.2 Å². The summed E-state index contributed by atoms with van der Waals surface area (Å²) >= 11 is 0. The van der Waals surface area contributed by atoms with Crippen molar-refractivity contribution in [3.8, 4) is 0 Å². The molecule has 5 unspecified atom stereocenters. The number of carboxylic acids is 6. The van der Waals surface area contributed by atoms with Crippen LogP contribution in [0.15, 0.2) is 0 Å². The highest BCUT2D eigenvalue weighted by atomic mass is 16.6. The smallest absolute Gasteiger partial charge is 0.343 e. The van der Waals surface area contributed by atoms with Crippen LogP contribution in [0.5, 0.6) is 0 Å². The van der Waals surface area contributed by atoms with Gasteiger partial charge in [0.15, 0.2) is 28.5 Å². The third-order valence-electron chi connectivity index (χ3n) is 6.63. The molecule has 0 radical (unpaired) electrons. The summed E-state index contributed by atoms with van der Waals surface area (Å²) in [4.78, 5) is 163. The monoisotopic (exact) mass is 830 g/mol. The summed E-state index contributed by atoms with van der Waals surface area (Å²) in [5.41, 5.74) is -13.8. The van der Waals surface area contributed by atoms with Gasteiger partial charge in [0, 0.05) is 0 Å². The van der Waals surface area contributed by atoms with E-state index in [-0.39, 0.29) is 0 Å². The summed E-state index contributed by atoms with van der Waals surface area (Å²) in [5.74, 6) is -29.2. The SMILES string of the molecule is O=C(O)CC(O)(CC(=O)OC(=O)CC(O)(CC(=O)OC(=O)CC(O)C(=O)OC(=O)CC(O)(CC(=O)OC(=O)CC(O)(CC(=O)O)C(=O)O)C(=O)O)C(=O)O)C(=O)O. The van der Waals surface area contributed by atoms with E-state index in [4.69, 9.17) is 20.4 Å². The molecule has 11 N–H and O–H groups in total. The number of esters is 8. The third-order valence-corrected chi connectivity index (χ3v) is 6.63. The predicted molar refractivity (Wildman–Crippen MR) is 158 cm³/mol. The lowest BCUT2D eigenvalue weighted by atomic mass is 9.95. The zero-order chi connectivity index (χ0) is 44.9. The molecular weight excluding hydrogens is 800 g/mol. The van der Waals surface area contributed by atoms with Gasteiger partial charge in [-0.1, -0.05) is 0 Å². The molecule has 0 saturated heterocycles. The Morgan fingerprint density at radius 3 is 0.789 bits per heavy atom. The predicted octanol–water partition coefficient (Wildman–Crippen LogP) is -6.43. The summed E-state index contributed by atoms with van der Waals surface area (Å²) in [6.45, 7) is 0. The van der Waals surface area contributed by atoms with E-state index in [2.05, 4.69) is 18.9 Å². The van der Waals surface area contributed by atoms with Crippen LogP contribution >= 0.6 is 0 Å². The molecule has 0 fully saturated rings. The lowest BCUT2D eigenvalue weighted by Crippen LogP contribution is -2.45. The van der Waals surface area contributed by atoms with Crippen molar-refractivity contribution in [3.05, 3.63) is 0 Å². The van der Waals surface area contributed by atoms with E-state index in [1.54, 1.807) is 0 Å². The van der Waals surface area contributed by atoms with Crippen molar-refractivity contribution in [1.82, 2.24) is 0 Å². The normalized spacial score (nSPS) is 15.5. The second kappa shape index (κ2) is 20.2. The highest BCUT2D eigenvalue weighted by Crippen LogP contribution is 2.23. The van der Waals surface area contributed by atoms with Crippen LogP contribution in [0.4, 0.5) is 0 Å². The van der Waals surface area contributed by atoms with Gasteiger partial charge in [-0.05, 0) is 0 Å². The number of carboxylic acid groups (broad SMARTS) is 6. The first kappa shape index (κ1) is 50.2. The molecule has 29 nitrogen and oxygen atoms in total. The summed E-state index contributed by atoms with van der Waals surface area (Å²) in [7, 11) is 0. The topological polar surface area (TPSA) is 498 Å². The van der Waals surface area contributed by atoms with Crippen molar-refractivity contribution in [2.75, 3.05) is 0 Å². The number of aliphatic hydroxyl groups is 5. The number of carbonyl (C=O) groups is 14. The number of rotatable bonds is 23. The van der Waals surface area contributed by atoms with Gasteiger partial charge in [-0.15, -0.1) is 0 Å². The molecule has 0 aromatic heterocycles. The van der Waals surface area contributed by atoms with E-state index in [1.165, 1.54) is 0 Å². The Morgan fingerprint density at radius 2 is 0.561 bits per heavy atom. The minimum atomic E-state index is -3.59. The maximum Gasteiger partial charge on any atom is 0.343 e. The third kappa shape index (κ3) is 16.6. The molecule has 57 heavy (non-hydrogen) atoms. The van der Waals surface area contributed by atoms with E-state index in [9.17, 15) is 103 Å². The van der Waals surface area contributed by atoms with E-state index < -0.39 is 170 Å². The van der Waals surface area contributed by atoms with Crippen LogP contribution in [-0.4, -0.2) is 168 Å². The summed E-state index contributed by atoms with van der Waals surface area (Å²) < 4.78 is 16.1. The number of hydrogen-bond acceptors (Lipinski definition) is 23. The molecule has 0 aromatic carbocycles. The van der Waals surface area contributed by atoms with Crippen molar-refractivity contribution < 1.29 is 142 Å². The van der Waals surface area contributed by atoms with Crippen LogP contribution in [0.3, 0.4) is 0 Å². The fourth-order valence-corrected chi connectivity index (χ4v) is 3.85. The van der Waals surface area contributed by atoms with Gasteiger partial charge in [0.05, 0.1) is 57.8 Å². The van der Waals surface area contributed by atoms with Gasteiger partial charge < -0.3 is 75.1 Å². The molecule has 29 heteroatoms. The highest BCUT2D eigenvalue weighted by Gasteiger charge is 2.47. The second-order valence-electron chi connectivity index (χ2n) is 11.6. The van der Waals surface area contributed by atoms with Crippen molar-refractivity contribution in [1.29, 1.82) is 0 Å². The van der Waals surface area contributed by atoms with Crippen molar-refractivity contribution >= 4 is 83.6 Å². The van der Waals surface area contributed by atoms with E-state index >= 15 is 0 Å². The molecule has 5 atom stereocenters. The Labute approximate surface area is 312 Å². The number of aliphatic hydroxyl groups excluding tert-OH is 1. The molecule has 0 aliphatic heterocycles. The van der Waals surface area contributed by atoms with Gasteiger partial charge in [0.1, 0.15) is 0 Å². The van der Waals surface area contributed by atoms with Gasteiger partial charge in [-0.2, -0.15) is 0 Å². The van der Waals surface area contributed by atoms with E-state index in [1.807, 2.05) is 0 Å². The molecule has 0 spiro atoms. The lowest BCUT2D eigenvalue weighted by Gasteiger charge is -2.22. The molecule has 0 bridgehead atoms. The van der Waals surface area contributed by atoms with Crippen LogP contribution in [0, 0.1) is 0 Å². The van der Waals surface area contributed by atoms with E-state index in [0.717, 1.165) is 0 Å². The molecule has 0 saturated carbocycles. The maximum absolute atomic E-state index is 12.1. The Hall–Kier alpha value is -6.82. The summed E-state index contributed by atoms with van der Waals surface area (Å²) in [6, 6.07) is 0. The Kier molecular flexibility index (Phi) is 17.8. The molecule has 0 aromatic rings. The zero-order valence-electron chi connectivity index (χ0n) is 28.2. The maximum atomic E-state index is 12.1. The number of aliphatic carboxylic acids is 6. The average Bonchev–Trinajstić information content (AvgIpc) is 2.98. The second-order valence-corrected chi connectivity index (χ2v) is 11.6. The van der Waals surface area contributed by atoms with Gasteiger partial charge in [0.25, 0.3) is 0 Å². The van der Waals surface area contributed by atoms with Crippen LogP contribution < -0.4 is 0 Å². The van der Waals surface area contributed by atoms with Gasteiger partial charge in [-0.25, -0.2) is 24.0 Å². The fourth-order valence-electron chi connectivity index (χ4n) is 3.85. The van der Waals surface area contributed by atoms with Crippen molar-refractivity contribution in [2.45, 2.75) is 86.3 Å². The van der Waals surface area contributed by atoms with Gasteiger partial charge in [0.2, 0.25) is 0 Å². The molecular formula is C28H30O29. The zero-order valence-corrected chi connectivity index (χ0v) is 28.2. The quantitative estimate of drug-likeness (QED) is 0.0259. The molecule has 0 amide bonds.